The van der Waals surface area contributed by atoms with Gasteiger partial charge < -0.3 is 9.84 Å². The van der Waals surface area contributed by atoms with Crippen molar-refractivity contribution >= 4 is 11.9 Å². The summed E-state index contributed by atoms with van der Waals surface area (Å²) in [4.78, 5) is 22.5. The second-order valence-electron chi connectivity index (χ2n) is 3.82. The third kappa shape index (κ3) is 2.32. The van der Waals surface area contributed by atoms with Crippen LogP contribution in [0.2, 0.25) is 0 Å². The first kappa shape index (κ1) is 12.5. The Hall–Kier alpha value is -1.58. The monoisotopic (exact) mass is 224 g/mol. The number of rotatable bonds is 4. The zero-order valence-electron chi connectivity index (χ0n) is 9.36. The van der Waals surface area contributed by atoms with Gasteiger partial charge in [0.15, 0.2) is 0 Å². The number of hydrogen-bond acceptors (Lipinski definition) is 3. The summed E-state index contributed by atoms with van der Waals surface area (Å²) in [6.45, 7) is 5.72. The van der Waals surface area contributed by atoms with E-state index in [1.54, 1.807) is 19.1 Å². The molecule has 0 amide bonds. The Morgan fingerprint density at radius 1 is 1.69 bits per heavy atom. The Kier molecular flexibility index (Phi) is 3.88. The van der Waals surface area contributed by atoms with Crippen LogP contribution in [-0.4, -0.2) is 23.7 Å². The number of carboxylic acids is 1. The molecule has 4 nitrogen and oxygen atoms in total. The van der Waals surface area contributed by atoms with Gasteiger partial charge in [-0.15, -0.1) is 6.58 Å². The predicted octanol–water partition coefficient (Wildman–Crippen LogP) is 1.92. The summed E-state index contributed by atoms with van der Waals surface area (Å²) >= 11 is 0. The van der Waals surface area contributed by atoms with Crippen LogP contribution in [0, 0.1) is 5.41 Å². The maximum atomic E-state index is 11.8. The first-order valence-corrected chi connectivity index (χ1v) is 5.29. The number of carboxylic acid groups (broad SMARTS) is 1. The van der Waals surface area contributed by atoms with Crippen molar-refractivity contribution in [2.75, 3.05) is 6.61 Å². The first-order chi connectivity index (χ1) is 7.55. The summed E-state index contributed by atoms with van der Waals surface area (Å²) in [7, 11) is 0. The summed E-state index contributed by atoms with van der Waals surface area (Å²) in [6, 6.07) is 0. The van der Waals surface area contributed by atoms with E-state index in [1.807, 2.05) is 0 Å². The standard InChI is InChI=1S/C12H16O4/c1-3-12(11(15)16-4-2)7-5-9(6-8-12)10(13)14/h3,5H,1,4,6-8H2,2H3,(H,13,14). The third-order valence-electron chi connectivity index (χ3n) is 2.90. The molecule has 88 valence electrons. The van der Waals surface area contributed by atoms with Gasteiger partial charge in [-0.05, 0) is 26.2 Å². The van der Waals surface area contributed by atoms with Gasteiger partial charge in [0.25, 0.3) is 0 Å². The van der Waals surface area contributed by atoms with Crippen LogP contribution >= 0.6 is 0 Å². The normalized spacial score (nSPS) is 24.4. The van der Waals surface area contributed by atoms with Crippen molar-refractivity contribution < 1.29 is 19.4 Å². The fraction of sp³-hybridized carbons (Fsp3) is 0.500. The molecule has 0 fully saturated rings. The number of carbonyl (C=O) groups is 2. The van der Waals surface area contributed by atoms with E-state index in [4.69, 9.17) is 9.84 Å². The minimum atomic E-state index is -0.915. The van der Waals surface area contributed by atoms with Crippen molar-refractivity contribution in [2.24, 2.45) is 5.41 Å². The van der Waals surface area contributed by atoms with Crippen LogP contribution in [0.1, 0.15) is 26.2 Å². The van der Waals surface area contributed by atoms with Gasteiger partial charge in [0.05, 0.1) is 12.0 Å². The fourth-order valence-electron chi connectivity index (χ4n) is 1.79. The van der Waals surface area contributed by atoms with E-state index < -0.39 is 11.4 Å². The Bertz CT molecular complexity index is 343. The zero-order valence-corrected chi connectivity index (χ0v) is 9.36. The molecule has 1 aliphatic carbocycles. The van der Waals surface area contributed by atoms with Crippen molar-refractivity contribution in [1.82, 2.24) is 0 Å². The lowest BCUT2D eigenvalue weighted by molar-refractivity contribution is -0.153. The molecule has 1 atom stereocenters. The van der Waals surface area contributed by atoms with E-state index >= 15 is 0 Å². The highest BCUT2D eigenvalue weighted by molar-refractivity contribution is 5.88. The smallest absolute Gasteiger partial charge is 0.331 e. The van der Waals surface area contributed by atoms with Crippen LogP contribution in [-0.2, 0) is 14.3 Å². The summed E-state index contributed by atoms with van der Waals surface area (Å²) < 4.78 is 4.98. The van der Waals surface area contributed by atoms with Crippen molar-refractivity contribution in [3.8, 4) is 0 Å². The Morgan fingerprint density at radius 2 is 2.38 bits per heavy atom. The van der Waals surface area contributed by atoms with Gasteiger partial charge in [-0.1, -0.05) is 12.2 Å². The third-order valence-corrected chi connectivity index (χ3v) is 2.90. The van der Waals surface area contributed by atoms with Gasteiger partial charge in [-0.3, -0.25) is 4.79 Å². The van der Waals surface area contributed by atoms with Gasteiger partial charge in [-0.2, -0.15) is 0 Å². The lowest BCUT2D eigenvalue weighted by Crippen LogP contribution is -2.33. The molecule has 1 unspecified atom stereocenters. The molecule has 1 aliphatic rings. The van der Waals surface area contributed by atoms with Gasteiger partial charge in [-0.25, -0.2) is 4.79 Å². The largest absolute Gasteiger partial charge is 0.478 e. The molecular formula is C12H16O4. The number of allylic oxidation sites excluding steroid dienone is 1. The molecular weight excluding hydrogens is 208 g/mol. The van der Waals surface area contributed by atoms with Crippen LogP contribution in [0.3, 0.4) is 0 Å². The van der Waals surface area contributed by atoms with Crippen LogP contribution in [0.15, 0.2) is 24.3 Å². The number of esters is 1. The molecule has 1 N–H and O–H groups in total. The molecule has 1 rings (SSSR count). The number of hydrogen-bond donors (Lipinski definition) is 1. The van der Waals surface area contributed by atoms with Crippen molar-refractivity contribution in [2.45, 2.75) is 26.2 Å². The molecule has 0 aromatic heterocycles. The quantitative estimate of drug-likeness (QED) is 0.585. The van der Waals surface area contributed by atoms with Crippen molar-refractivity contribution in [3.63, 3.8) is 0 Å². The predicted molar refractivity (Wildman–Crippen MR) is 58.8 cm³/mol. The van der Waals surface area contributed by atoms with E-state index in [-0.39, 0.29) is 5.97 Å². The molecule has 0 aliphatic heterocycles. The lowest BCUT2D eigenvalue weighted by atomic mass is 9.75. The lowest BCUT2D eigenvalue weighted by Gasteiger charge is -2.30. The fourth-order valence-corrected chi connectivity index (χ4v) is 1.79. The maximum Gasteiger partial charge on any atom is 0.331 e. The summed E-state index contributed by atoms with van der Waals surface area (Å²) in [5, 5.41) is 8.81. The van der Waals surface area contributed by atoms with Crippen molar-refractivity contribution in [3.05, 3.63) is 24.3 Å². The Balaban J connectivity index is 2.83. The van der Waals surface area contributed by atoms with Gasteiger partial charge in [0.1, 0.15) is 0 Å². The average Bonchev–Trinajstić information content (AvgIpc) is 2.29. The van der Waals surface area contributed by atoms with Crippen LogP contribution in [0.25, 0.3) is 0 Å². The van der Waals surface area contributed by atoms with E-state index in [2.05, 4.69) is 6.58 Å². The molecule has 0 saturated carbocycles. The summed E-state index contributed by atoms with van der Waals surface area (Å²) in [5.74, 6) is -1.23. The Labute approximate surface area is 94.6 Å². The maximum absolute atomic E-state index is 11.8. The van der Waals surface area contributed by atoms with Gasteiger partial charge in [0.2, 0.25) is 0 Å². The van der Waals surface area contributed by atoms with Gasteiger partial charge >= 0.3 is 11.9 Å². The zero-order chi connectivity index (χ0) is 12.2. The SMILES string of the molecule is C=CC1(C(=O)OCC)CC=C(C(=O)O)CC1. The molecule has 0 spiro atoms. The molecule has 16 heavy (non-hydrogen) atoms. The van der Waals surface area contributed by atoms with Crippen LogP contribution < -0.4 is 0 Å². The second-order valence-corrected chi connectivity index (χ2v) is 3.82. The van der Waals surface area contributed by atoms with Crippen molar-refractivity contribution in [1.29, 1.82) is 0 Å². The van der Waals surface area contributed by atoms with E-state index in [1.165, 1.54) is 0 Å². The molecule has 0 aromatic rings. The first-order valence-electron chi connectivity index (χ1n) is 5.29. The molecule has 0 radical (unpaired) electrons. The van der Waals surface area contributed by atoms with Crippen LogP contribution in [0.4, 0.5) is 0 Å². The Morgan fingerprint density at radius 3 is 2.75 bits per heavy atom. The average molecular weight is 224 g/mol. The van der Waals surface area contributed by atoms with E-state index in [0.29, 0.717) is 31.4 Å². The van der Waals surface area contributed by atoms with E-state index in [0.717, 1.165) is 0 Å². The molecule has 0 aromatic carbocycles. The minimum absolute atomic E-state index is 0.314. The molecule has 4 heteroatoms. The highest BCUT2D eigenvalue weighted by atomic mass is 16.5. The number of ether oxygens (including phenoxy) is 1. The topological polar surface area (TPSA) is 63.6 Å². The summed E-state index contributed by atoms with van der Waals surface area (Å²) in [5.41, 5.74) is -0.378. The summed E-state index contributed by atoms with van der Waals surface area (Å²) in [6.07, 6.45) is 4.34. The molecule has 0 bridgehead atoms. The van der Waals surface area contributed by atoms with Gasteiger partial charge in [0, 0.05) is 5.57 Å². The highest BCUT2D eigenvalue weighted by Crippen LogP contribution is 2.37. The number of aliphatic carboxylic acids is 1. The minimum Gasteiger partial charge on any atom is -0.478 e. The second kappa shape index (κ2) is 4.96. The molecule has 0 heterocycles. The number of carbonyl (C=O) groups excluding carboxylic acids is 1. The van der Waals surface area contributed by atoms with Crippen LogP contribution in [0.5, 0.6) is 0 Å². The highest BCUT2D eigenvalue weighted by Gasteiger charge is 2.38. The molecule has 0 saturated heterocycles. The van der Waals surface area contributed by atoms with E-state index in [9.17, 15) is 9.59 Å².